The van der Waals surface area contributed by atoms with E-state index < -0.39 is 108 Å². The van der Waals surface area contributed by atoms with Gasteiger partial charge in [-0.25, -0.2) is 0 Å². The molecule has 3 fully saturated rings. The maximum atomic E-state index is 13.8. The standard InChI is InChI=1S/C40H49NO15/c1-6-40(49)15-26(31-20(33(40)39(48)50-5)12-21-32(36(31)47)35(46)30-19(34(21)45)8-7-9-24(30)43)54-28-13-22(41)37(17(3)52-28)56-29-14-25(44)38(18(4)53-29)55-27-11-10-23(42)16(2)51-27/h7-9,12,16-18,22,25-29,33,37-38,43-44,47,49H,6,10-11,13-15,41H2,1-5H3/t16?,17?,18?,22?,25?,26?,27?,28?,29?,33-,37?,38?,40+/m0/s1. The minimum atomic E-state index is -1.77. The molecule has 13 atom stereocenters. The quantitative estimate of drug-likeness (QED) is 0.206. The highest BCUT2D eigenvalue weighted by Gasteiger charge is 2.53. The first-order chi connectivity index (χ1) is 26.6. The zero-order chi connectivity index (χ0) is 40.4. The second-order valence-corrected chi connectivity index (χ2v) is 15.4. The average Bonchev–Trinajstić information content (AvgIpc) is 3.14. The van der Waals surface area contributed by atoms with Gasteiger partial charge in [0.2, 0.25) is 5.78 Å². The number of phenolic OH excluding ortho intramolecular Hbond substituents is 2. The van der Waals surface area contributed by atoms with E-state index in [4.69, 9.17) is 38.9 Å². The first kappa shape index (κ1) is 40.4. The molecular weight excluding hydrogens is 734 g/mol. The molecule has 0 radical (unpaired) electrons. The molecule has 0 amide bonds. The number of aliphatic hydroxyl groups is 2. The van der Waals surface area contributed by atoms with Gasteiger partial charge in [0.15, 0.2) is 30.4 Å². The van der Waals surface area contributed by atoms with Crippen molar-refractivity contribution >= 4 is 23.3 Å². The van der Waals surface area contributed by atoms with E-state index in [2.05, 4.69) is 0 Å². The largest absolute Gasteiger partial charge is 0.507 e. The Hall–Kier alpha value is -3.84. The number of fused-ring (bicyclic) bond motifs is 3. The average molecular weight is 784 g/mol. The molecule has 11 unspecified atom stereocenters. The molecule has 5 aliphatic rings. The molecule has 3 heterocycles. The second-order valence-electron chi connectivity index (χ2n) is 15.4. The number of ketones is 3. The van der Waals surface area contributed by atoms with Gasteiger partial charge in [0.25, 0.3) is 0 Å². The molecule has 0 saturated carbocycles. The minimum absolute atomic E-state index is 0.00270. The number of esters is 1. The van der Waals surface area contributed by atoms with Crippen LogP contribution in [0, 0.1) is 0 Å². The van der Waals surface area contributed by atoms with Crippen molar-refractivity contribution in [2.24, 2.45) is 5.73 Å². The summed E-state index contributed by atoms with van der Waals surface area (Å²) in [7, 11) is 1.16. The molecule has 7 rings (SSSR count). The lowest BCUT2D eigenvalue weighted by atomic mass is 9.67. The lowest BCUT2D eigenvalue weighted by molar-refractivity contribution is -0.319. The summed E-state index contributed by atoms with van der Waals surface area (Å²) in [6.45, 7) is 6.81. The van der Waals surface area contributed by atoms with Crippen LogP contribution in [0.2, 0.25) is 0 Å². The molecule has 2 aliphatic carbocycles. The summed E-state index contributed by atoms with van der Waals surface area (Å²) in [5.74, 6) is -4.69. The number of hydrogen-bond acceptors (Lipinski definition) is 16. The summed E-state index contributed by atoms with van der Waals surface area (Å²) in [6, 6.07) is 4.70. The minimum Gasteiger partial charge on any atom is -0.507 e. The molecular formula is C40H49NO15. The smallest absolute Gasteiger partial charge is 0.316 e. The number of aromatic hydroxyl groups is 2. The van der Waals surface area contributed by atoms with Gasteiger partial charge in [-0.2, -0.15) is 0 Å². The van der Waals surface area contributed by atoms with Crippen LogP contribution in [0.4, 0.5) is 0 Å². The van der Waals surface area contributed by atoms with Crippen molar-refractivity contribution in [1.29, 1.82) is 0 Å². The van der Waals surface area contributed by atoms with Crippen LogP contribution in [-0.2, 0) is 42.7 Å². The number of carbonyl (C=O) groups excluding carboxylic acids is 4. The normalized spacial score (nSPS) is 37.0. The summed E-state index contributed by atoms with van der Waals surface area (Å²) < 4.78 is 41.8. The van der Waals surface area contributed by atoms with Gasteiger partial charge in [0, 0.05) is 54.8 Å². The van der Waals surface area contributed by atoms with Crippen molar-refractivity contribution in [2.75, 3.05) is 7.11 Å². The van der Waals surface area contributed by atoms with Gasteiger partial charge >= 0.3 is 5.97 Å². The van der Waals surface area contributed by atoms with E-state index >= 15 is 0 Å². The van der Waals surface area contributed by atoms with Crippen LogP contribution in [0.25, 0.3) is 0 Å². The highest BCUT2D eigenvalue weighted by atomic mass is 16.7. The van der Waals surface area contributed by atoms with Gasteiger partial charge < -0.3 is 59.3 Å². The zero-order valence-corrected chi connectivity index (χ0v) is 31.8. The maximum absolute atomic E-state index is 13.8. The Balaban J connectivity index is 1.10. The summed E-state index contributed by atoms with van der Waals surface area (Å²) >= 11 is 0. The maximum Gasteiger partial charge on any atom is 0.316 e. The number of phenols is 2. The Morgan fingerprint density at radius 1 is 0.911 bits per heavy atom. The topological polar surface area (TPSA) is 240 Å². The van der Waals surface area contributed by atoms with Crippen molar-refractivity contribution in [1.82, 2.24) is 0 Å². The van der Waals surface area contributed by atoms with Crippen molar-refractivity contribution in [3.63, 3.8) is 0 Å². The van der Waals surface area contributed by atoms with Crippen LogP contribution in [0.15, 0.2) is 24.3 Å². The Morgan fingerprint density at radius 3 is 2.23 bits per heavy atom. The van der Waals surface area contributed by atoms with E-state index in [1.165, 1.54) is 24.3 Å². The number of Topliss-reactive ketones (excluding diaryl/α,β-unsaturated/α-hetero) is 1. The van der Waals surface area contributed by atoms with Crippen LogP contribution in [0.3, 0.4) is 0 Å². The molecule has 0 bridgehead atoms. The van der Waals surface area contributed by atoms with Crippen LogP contribution < -0.4 is 5.73 Å². The first-order valence-electron chi connectivity index (χ1n) is 19.1. The van der Waals surface area contributed by atoms with Crippen molar-refractivity contribution < 1.29 is 72.8 Å². The van der Waals surface area contributed by atoms with E-state index in [-0.39, 0.29) is 64.8 Å². The number of hydrogen-bond donors (Lipinski definition) is 5. The Bertz CT molecular complexity index is 1880. The summed E-state index contributed by atoms with van der Waals surface area (Å²) in [6.07, 6.45) is -7.32. The predicted octanol–water partition coefficient (Wildman–Crippen LogP) is 2.55. The molecule has 56 heavy (non-hydrogen) atoms. The predicted molar refractivity (Wildman–Crippen MR) is 192 cm³/mol. The van der Waals surface area contributed by atoms with E-state index in [0.717, 1.165) is 7.11 Å². The highest BCUT2D eigenvalue weighted by Crippen LogP contribution is 2.54. The van der Waals surface area contributed by atoms with Crippen LogP contribution in [-0.4, -0.2) is 118 Å². The third-order valence-electron chi connectivity index (χ3n) is 11.8. The summed E-state index contributed by atoms with van der Waals surface area (Å²) in [5.41, 5.74) is 4.04. The fourth-order valence-corrected chi connectivity index (χ4v) is 8.84. The van der Waals surface area contributed by atoms with Gasteiger partial charge in [-0.05, 0) is 44.9 Å². The molecule has 0 aromatic heterocycles. The molecule has 3 saturated heterocycles. The summed E-state index contributed by atoms with van der Waals surface area (Å²) in [4.78, 5) is 52.8. The van der Waals surface area contributed by atoms with Crippen LogP contribution >= 0.6 is 0 Å². The van der Waals surface area contributed by atoms with Crippen molar-refractivity contribution in [3.8, 4) is 11.5 Å². The summed E-state index contributed by atoms with van der Waals surface area (Å²) in [5, 5.41) is 45.5. The second kappa shape index (κ2) is 15.5. The number of ether oxygens (including phenoxy) is 7. The lowest BCUT2D eigenvalue weighted by Crippen LogP contribution is -2.57. The fraction of sp³-hybridized carbons (Fsp3) is 0.600. The van der Waals surface area contributed by atoms with Crippen molar-refractivity contribution in [2.45, 2.75) is 145 Å². The van der Waals surface area contributed by atoms with E-state index in [1.54, 1.807) is 27.7 Å². The zero-order valence-electron chi connectivity index (χ0n) is 31.8. The third-order valence-corrected chi connectivity index (χ3v) is 11.8. The van der Waals surface area contributed by atoms with Gasteiger partial charge in [0.05, 0.1) is 48.3 Å². The molecule has 3 aliphatic heterocycles. The molecule has 0 spiro atoms. The Morgan fingerprint density at radius 2 is 1.59 bits per heavy atom. The van der Waals surface area contributed by atoms with Crippen LogP contribution in [0.5, 0.6) is 11.5 Å². The number of methoxy groups -OCH3 is 1. The van der Waals surface area contributed by atoms with E-state index in [0.29, 0.717) is 12.8 Å². The van der Waals surface area contributed by atoms with Gasteiger partial charge in [-0.15, -0.1) is 0 Å². The number of rotatable bonds is 8. The van der Waals surface area contributed by atoms with Gasteiger partial charge in [-0.1, -0.05) is 19.1 Å². The molecule has 16 heteroatoms. The van der Waals surface area contributed by atoms with Gasteiger partial charge in [0.1, 0.15) is 35.7 Å². The molecule has 304 valence electrons. The molecule has 2 aromatic rings. The Labute approximate surface area is 323 Å². The molecule has 2 aromatic carbocycles. The van der Waals surface area contributed by atoms with Crippen molar-refractivity contribution in [3.05, 3.63) is 57.6 Å². The number of carbonyl (C=O) groups is 4. The number of benzene rings is 2. The molecule has 16 nitrogen and oxygen atoms in total. The SMILES string of the molecule is CC[C@@]1(O)CC(OC2CC(N)C(OC3CC(O)C(OC4CCC(=O)C(C)O4)C(C)O3)C(C)O2)c2c(cc3c(c2O)C(=O)c2c(O)cccc2C3=O)[C@H]1C(=O)OC. The number of nitrogens with two attached hydrogens (primary N) is 1. The monoisotopic (exact) mass is 783 g/mol. The first-order valence-corrected chi connectivity index (χ1v) is 19.1. The molecule has 6 N–H and O–H groups in total. The Kier molecular flexibility index (Phi) is 11.2. The fourth-order valence-electron chi connectivity index (χ4n) is 8.84. The highest BCUT2D eigenvalue weighted by molar-refractivity contribution is 6.30. The third kappa shape index (κ3) is 7.05. The van der Waals surface area contributed by atoms with E-state index in [1.807, 2.05) is 0 Å². The van der Waals surface area contributed by atoms with Gasteiger partial charge in [-0.3, -0.25) is 19.2 Å². The van der Waals surface area contributed by atoms with Crippen LogP contribution in [0.1, 0.15) is 121 Å². The number of aliphatic hydroxyl groups excluding tert-OH is 1. The van der Waals surface area contributed by atoms with E-state index in [9.17, 15) is 39.6 Å². The lowest BCUT2D eigenvalue weighted by Gasteiger charge is -2.46.